The molecule has 23 heavy (non-hydrogen) atoms. The van der Waals surface area contributed by atoms with Gasteiger partial charge in [0.15, 0.2) is 10.6 Å². The molecule has 0 bridgehead atoms. The summed E-state index contributed by atoms with van der Waals surface area (Å²) >= 11 is 5.67. The molecule has 1 aromatic heterocycles. The molecular formula is C17H28N4OS. The van der Waals surface area contributed by atoms with Crippen molar-refractivity contribution >= 4 is 12.2 Å². The highest BCUT2D eigenvalue weighted by Crippen LogP contribution is 2.37. The van der Waals surface area contributed by atoms with Gasteiger partial charge in [0.05, 0.1) is 6.67 Å². The standard InChI is InChI=1S/C17H28N4OS/c1-12-2-4-13(5-3-12)19(14-6-7-14)11-20-17(23)21(15-8-9-15)16(10-22)18-20/h12-15,22H,2-11H2,1H3. The fourth-order valence-corrected chi connectivity index (χ4v) is 4.38. The molecule has 0 spiro atoms. The highest BCUT2D eigenvalue weighted by Gasteiger charge is 2.36. The molecule has 4 rings (SSSR count). The van der Waals surface area contributed by atoms with Crippen LogP contribution in [0.3, 0.4) is 0 Å². The summed E-state index contributed by atoms with van der Waals surface area (Å²) in [6, 6.07) is 1.88. The smallest absolute Gasteiger partial charge is 0.199 e. The average Bonchev–Trinajstić information content (AvgIpc) is 3.45. The SMILES string of the molecule is CC1CCC(N(Cn2nc(CO)n(C3CC3)c2=S)C2CC2)CC1. The molecule has 0 saturated heterocycles. The lowest BCUT2D eigenvalue weighted by atomic mass is 9.86. The summed E-state index contributed by atoms with van der Waals surface area (Å²) in [5.41, 5.74) is 0. The lowest BCUT2D eigenvalue weighted by molar-refractivity contribution is 0.0916. The number of aliphatic hydroxyl groups excluding tert-OH is 1. The lowest BCUT2D eigenvalue weighted by Gasteiger charge is -2.36. The van der Waals surface area contributed by atoms with E-state index >= 15 is 0 Å². The first-order valence-corrected chi connectivity index (χ1v) is 9.63. The van der Waals surface area contributed by atoms with Gasteiger partial charge in [-0.05, 0) is 69.5 Å². The van der Waals surface area contributed by atoms with Crippen LogP contribution in [0, 0.1) is 10.7 Å². The van der Waals surface area contributed by atoms with E-state index in [2.05, 4.69) is 21.5 Å². The molecule has 3 aliphatic rings. The summed E-state index contributed by atoms with van der Waals surface area (Å²) < 4.78 is 4.85. The Kier molecular flexibility index (Phi) is 4.32. The molecule has 0 unspecified atom stereocenters. The minimum Gasteiger partial charge on any atom is -0.388 e. The Bertz CT molecular complexity index is 609. The molecule has 3 aliphatic carbocycles. The normalized spacial score (nSPS) is 28.5. The molecule has 0 radical (unpaired) electrons. The van der Waals surface area contributed by atoms with Crippen molar-refractivity contribution in [3.63, 3.8) is 0 Å². The van der Waals surface area contributed by atoms with Gasteiger partial charge in [-0.1, -0.05) is 6.92 Å². The Morgan fingerprint density at radius 1 is 1.09 bits per heavy atom. The summed E-state index contributed by atoms with van der Waals surface area (Å²) in [6.07, 6.45) is 10.3. The fourth-order valence-electron chi connectivity index (χ4n) is 4.03. The van der Waals surface area contributed by atoms with Crippen LogP contribution in [0.5, 0.6) is 0 Å². The average molecular weight is 337 g/mol. The molecule has 3 saturated carbocycles. The molecule has 3 fully saturated rings. The van der Waals surface area contributed by atoms with Crippen LogP contribution in [-0.4, -0.2) is 36.4 Å². The van der Waals surface area contributed by atoms with Crippen LogP contribution in [0.4, 0.5) is 0 Å². The minimum atomic E-state index is -0.0164. The van der Waals surface area contributed by atoms with Gasteiger partial charge in [0.1, 0.15) is 6.61 Å². The van der Waals surface area contributed by atoms with Gasteiger partial charge in [0.2, 0.25) is 0 Å². The van der Waals surface area contributed by atoms with E-state index in [0.29, 0.717) is 12.1 Å². The van der Waals surface area contributed by atoms with Crippen LogP contribution in [0.2, 0.25) is 0 Å². The molecule has 128 valence electrons. The van der Waals surface area contributed by atoms with Crippen molar-refractivity contribution in [2.24, 2.45) is 5.92 Å². The molecule has 6 heteroatoms. The largest absolute Gasteiger partial charge is 0.388 e. The summed E-state index contributed by atoms with van der Waals surface area (Å²) in [5.74, 6) is 1.62. The Labute approximate surface area is 143 Å². The minimum absolute atomic E-state index is 0.0164. The maximum atomic E-state index is 9.61. The third-order valence-corrected chi connectivity index (χ3v) is 6.17. The number of rotatable bonds is 6. The first-order valence-electron chi connectivity index (χ1n) is 9.22. The fraction of sp³-hybridized carbons (Fsp3) is 0.882. The van der Waals surface area contributed by atoms with Crippen LogP contribution >= 0.6 is 12.2 Å². The number of hydrogen-bond acceptors (Lipinski definition) is 4. The topological polar surface area (TPSA) is 46.2 Å². The molecule has 1 aromatic rings. The zero-order chi connectivity index (χ0) is 16.0. The van der Waals surface area contributed by atoms with E-state index in [9.17, 15) is 5.11 Å². The monoisotopic (exact) mass is 336 g/mol. The van der Waals surface area contributed by atoms with Gasteiger partial charge in [0.25, 0.3) is 0 Å². The molecule has 1 N–H and O–H groups in total. The van der Waals surface area contributed by atoms with E-state index < -0.39 is 0 Å². The van der Waals surface area contributed by atoms with E-state index in [-0.39, 0.29) is 6.61 Å². The lowest BCUT2D eigenvalue weighted by Crippen LogP contribution is -2.41. The first-order chi connectivity index (χ1) is 11.2. The Morgan fingerprint density at radius 3 is 2.22 bits per heavy atom. The third-order valence-electron chi connectivity index (χ3n) is 5.76. The van der Waals surface area contributed by atoms with Crippen LogP contribution in [0.15, 0.2) is 0 Å². The van der Waals surface area contributed by atoms with Crippen molar-refractivity contribution in [3.05, 3.63) is 10.6 Å². The maximum Gasteiger partial charge on any atom is 0.199 e. The van der Waals surface area contributed by atoms with E-state index in [0.717, 1.165) is 29.2 Å². The van der Waals surface area contributed by atoms with E-state index in [1.807, 2.05) is 4.68 Å². The van der Waals surface area contributed by atoms with Crippen molar-refractivity contribution in [1.82, 2.24) is 19.2 Å². The van der Waals surface area contributed by atoms with Gasteiger partial charge in [-0.2, -0.15) is 5.10 Å². The van der Waals surface area contributed by atoms with Crippen LogP contribution in [0.25, 0.3) is 0 Å². The second-order valence-electron chi connectivity index (χ2n) is 7.76. The molecule has 0 amide bonds. The van der Waals surface area contributed by atoms with Crippen molar-refractivity contribution < 1.29 is 5.11 Å². The molecule has 0 aromatic carbocycles. The summed E-state index contributed by atoms with van der Waals surface area (Å²) in [7, 11) is 0. The molecule has 5 nitrogen and oxygen atoms in total. The summed E-state index contributed by atoms with van der Waals surface area (Å²) in [6.45, 7) is 3.16. The Morgan fingerprint density at radius 2 is 1.70 bits per heavy atom. The van der Waals surface area contributed by atoms with Gasteiger partial charge in [-0.3, -0.25) is 9.47 Å². The highest BCUT2D eigenvalue weighted by atomic mass is 32.1. The number of hydrogen-bond donors (Lipinski definition) is 1. The summed E-state index contributed by atoms with van der Waals surface area (Å²) in [5, 5.41) is 14.2. The van der Waals surface area contributed by atoms with Gasteiger partial charge in [-0.25, -0.2) is 4.68 Å². The highest BCUT2D eigenvalue weighted by molar-refractivity contribution is 7.71. The van der Waals surface area contributed by atoms with Gasteiger partial charge >= 0.3 is 0 Å². The van der Waals surface area contributed by atoms with E-state index in [4.69, 9.17) is 12.2 Å². The van der Waals surface area contributed by atoms with E-state index in [1.54, 1.807) is 0 Å². The van der Waals surface area contributed by atoms with Gasteiger partial charge in [0, 0.05) is 18.1 Å². The number of nitrogens with zero attached hydrogens (tertiary/aromatic N) is 4. The van der Waals surface area contributed by atoms with E-state index in [1.165, 1.54) is 51.4 Å². The van der Waals surface area contributed by atoms with Crippen LogP contribution < -0.4 is 0 Å². The number of aliphatic hydroxyl groups is 1. The zero-order valence-corrected chi connectivity index (χ0v) is 14.8. The maximum absolute atomic E-state index is 9.61. The van der Waals surface area contributed by atoms with Gasteiger partial charge < -0.3 is 5.11 Å². The van der Waals surface area contributed by atoms with Crippen LogP contribution in [-0.2, 0) is 13.3 Å². The molecule has 0 aliphatic heterocycles. The predicted octanol–water partition coefficient (Wildman–Crippen LogP) is 3.24. The second kappa shape index (κ2) is 6.30. The van der Waals surface area contributed by atoms with Crippen molar-refractivity contribution in [3.8, 4) is 0 Å². The second-order valence-corrected chi connectivity index (χ2v) is 8.12. The molecule has 1 heterocycles. The van der Waals surface area contributed by atoms with Gasteiger partial charge in [-0.15, -0.1) is 0 Å². The predicted molar refractivity (Wildman–Crippen MR) is 91.5 cm³/mol. The van der Waals surface area contributed by atoms with Crippen molar-refractivity contribution in [2.75, 3.05) is 0 Å². The van der Waals surface area contributed by atoms with Crippen molar-refractivity contribution in [2.45, 2.75) is 89.7 Å². The van der Waals surface area contributed by atoms with Crippen LogP contribution in [0.1, 0.15) is 70.2 Å². The molecular weight excluding hydrogens is 308 g/mol. The zero-order valence-electron chi connectivity index (χ0n) is 14.0. The molecule has 0 atom stereocenters. The quantitative estimate of drug-likeness (QED) is 0.810. The third kappa shape index (κ3) is 3.26. The Balaban J connectivity index is 1.54. The number of aromatic nitrogens is 3. The Hall–Kier alpha value is -0.720. The first kappa shape index (κ1) is 15.8. The van der Waals surface area contributed by atoms with Crippen molar-refractivity contribution in [1.29, 1.82) is 0 Å². The summed E-state index contributed by atoms with van der Waals surface area (Å²) in [4.78, 5) is 2.65.